The van der Waals surface area contributed by atoms with Crippen LogP contribution in [0.4, 0.5) is 13.2 Å². The number of ether oxygens (including phenoxy) is 1. The molecule has 2 rings (SSSR count). The van der Waals surface area contributed by atoms with Gasteiger partial charge in [0, 0.05) is 17.7 Å². The lowest BCUT2D eigenvalue weighted by molar-refractivity contribution is -0.0508. The van der Waals surface area contributed by atoms with Crippen molar-refractivity contribution in [3.05, 3.63) is 53.7 Å². The summed E-state index contributed by atoms with van der Waals surface area (Å²) in [5.74, 6) is -0.407. The Balaban J connectivity index is 2.19. The van der Waals surface area contributed by atoms with E-state index in [1.165, 1.54) is 12.3 Å². The molecule has 0 amide bonds. The Bertz CT molecular complexity index is 590. The van der Waals surface area contributed by atoms with Gasteiger partial charge >= 0.3 is 6.61 Å². The predicted molar refractivity (Wildman–Crippen MR) is 73.1 cm³/mol. The molecule has 1 aromatic carbocycles. The van der Waals surface area contributed by atoms with E-state index in [-0.39, 0.29) is 12.4 Å². The number of aliphatic hydroxyl groups is 1. The van der Waals surface area contributed by atoms with Crippen LogP contribution in [-0.2, 0) is 0 Å². The summed E-state index contributed by atoms with van der Waals surface area (Å²) in [4.78, 5) is 0. The Morgan fingerprint density at radius 1 is 1.32 bits per heavy atom. The third-order valence-corrected chi connectivity index (χ3v) is 3.18. The average Bonchev–Trinajstić information content (AvgIpc) is 2.98. The van der Waals surface area contributed by atoms with Gasteiger partial charge in [0.2, 0.25) is 0 Å². The van der Waals surface area contributed by atoms with Crippen molar-refractivity contribution >= 4 is 0 Å². The maximum atomic E-state index is 13.2. The molecule has 2 N–H and O–H groups in total. The van der Waals surface area contributed by atoms with Crippen molar-refractivity contribution in [3.63, 3.8) is 0 Å². The second-order valence-corrected chi connectivity index (χ2v) is 4.70. The van der Waals surface area contributed by atoms with Gasteiger partial charge in [0.15, 0.2) is 0 Å². The van der Waals surface area contributed by atoms with Crippen molar-refractivity contribution in [1.82, 2.24) is 5.32 Å². The van der Waals surface area contributed by atoms with E-state index in [1.54, 1.807) is 19.1 Å². The topological polar surface area (TPSA) is 54.6 Å². The fraction of sp³-hybridized carbons (Fsp3) is 0.333. The molecule has 120 valence electrons. The number of alkyl halides is 2. The lowest BCUT2D eigenvalue weighted by Gasteiger charge is -2.22. The first-order chi connectivity index (χ1) is 10.5. The van der Waals surface area contributed by atoms with Crippen molar-refractivity contribution < 1.29 is 27.4 Å². The quantitative estimate of drug-likeness (QED) is 0.822. The van der Waals surface area contributed by atoms with Crippen LogP contribution in [0.3, 0.4) is 0 Å². The molecule has 2 atom stereocenters. The molecule has 2 aromatic rings. The summed E-state index contributed by atoms with van der Waals surface area (Å²) in [5, 5.41) is 12.4. The molecule has 0 spiro atoms. The Labute approximate surface area is 125 Å². The molecule has 0 radical (unpaired) electrons. The normalized spacial score (nSPS) is 14.1. The van der Waals surface area contributed by atoms with E-state index in [0.717, 1.165) is 12.1 Å². The minimum atomic E-state index is -3.05. The molecule has 22 heavy (non-hydrogen) atoms. The summed E-state index contributed by atoms with van der Waals surface area (Å²) in [7, 11) is 0. The van der Waals surface area contributed by atoms with Gasteiger partial charge in [-0.1, -0.05) is 6.07 Å². The largest absolute Gasteiger partial charge is 0.468 e. The summed E-state index contributed by atoms with van der Waals surface area (Å²) in [5.41, 5.74) is 0.353. The fourth-order valence-corrected chi connectivity index (χ4v) is 2.17. The van der Waals surface area contributed by atoms with Crippen LogP contribution < -0.4 is 10.1 Å². The number of nitrogens with one attached hydrogen (secondary N) is 1. The van der Waals surface area contributed by atoms with Gasteiger partial charge in [-0.25, -0.2) is 4.39 Å². The number of aliphatic hydroxyl groups excluding tert-OH is 1. The first kappa shape index (κ1) is 16.4. The van der Waals surface area contributed by atoms with Crippen LogP contribution in [0, 0.1) is 5.82 Å². The third kappa shape index (κ3) is 4.02. The molecule has 1 heterocycles. The molecule has 0 aliphatic carbocycles. The Hall–Kier alpha value is -1.99. The van der Waals surface area contributed by atoms with E-state index in [1.807, 2.05) is 0 Å². The Kier molecular flexibility index (Phi) is 5.46. The molecule has 2 unspecified atom stereocenters. The van der Waals surface area contributed by atoms with Gasteiger partial charge in [0.05, 0.1) is 18.9 Å². The standard InChI is InChI=1S/C15H16F3NO3/c1-9(19-12(8-20)13-3-2-6-21-13)11-5-4-10(16)7-14(11)22-15(17)18/h2-7,9,12,15,19-20H,8H2,1H3. The smallest absolute Gasteiger partial charge is 0.387 e. The Morgan fingerprint density at radius 2 is 2.09 bits per heavy atom. The van der Waals surface area contributed by atoms with Crippen molar-refractivity contribution in [3.8, 4) is 5.75 Å². The van der Waals surface area contributed by atoms with E-state index in [9.17, 15) is 18.3 Å². The monoisotopic (exact) mass is 315 g/mol. The highest BCUT2D eigenvalue weighted by Crippen LogP contribution is 2.29. The third-order valence-electron chi connectivity index (χ3n) is 3.18. The number of benzene rings is 1. The van der Waals surface area contributed by atoms with Crippen LogP contribution in [0.1, 0.15) is 30.3 Å². The molecule has 0 fully saturated rings. The van der Waals surface area contributed by atoms with Gasteiger partial charge in [0.25, 0.3) is 0 Å². The van der Waals surface area contributed by atoms with E-state index >= 15 is 0 Å². The van der Waals surface area contributed by atoms with Gasteiger partial charge in [-0.05, 0) is 25.1 Å². The number of hydrogen-bond donors (Lipinski definition) is 2. The molecule has 0 saturated heterocycles. The van der Waals surface area contributed by atoms with Crippen LogP contribution in [0.2, 0.25) is 0 Å². The number of hydrogen-bond acceptors (Lipinski definition) is 4. The molecular weight excluding hydrogens is 299 g/mol. The average molecular weight is 315 g/mol. The molecule has 0 aliphatic heterocycles. The minimum Gasteiger partial charge on any atom is -0.468 e. The summed E-state index contributed by atoms with van der Waals surface area (Å²) in [6, 6.07) is 5.79. The van der Waals surface area contributed by atoms with Gasteiger partial charge in [-0.2, -0.15) is 8.78 Å². The highest BCUT2D eigenvalue weighted by Gasteiger charge is 2.21. The lowest BCUT2D eigenvalue weighted by atomic mass is 10.1. The predicted octanol–water partition coefficient (Wildman–Crippen LogP) is 3.40. The van der Waals surface area contributed by atoms with Gasteiger partial charge in [-0.3, -0.25) is 5.32 Å². The molecule has 7 heteroatoms. The van der Waals surface area contributed by atoms with Gasteiger partial charge in [-0.15, -0.1) is 0 Å². The van der Waals surface area contributed by atoms with E-state index in [0.29, 0.717) is 11.3 Å². The second-order valence-electron chi connectivity index (χ2n) is 4.70. The highest BCUT2D eigenvalue weighted by molar-refractivity contribution is 5.36. The highest BCUT2D eigenvalue weighted by atomic mass is 19.3. The van der Waals surface area contributed by atoms with Crippen molar-refractivity contribution in [2.75, 3.05) is 6.61 Å². The maximum absolute atomic E-state index is 13.2. The van der Waals surface area contributed by atoms with Crippen LogP contribution >= 0.6 is 0 Å². The zero-order chi connectivity index (χ0) is 16.1. The summed E-state index contributed by atoms with van der Waals surface area (Å²) < 4.78 is 47.6. The second kappa shape index (κ2) is 7.33. The van der Waals surface area contributed by atoms with Crippen LogP contribution in [0.5, 0.6) is 5.75 Å². The van der Waals surface area contributed by atoms with Crippen molar-refractivity contribution in [2.45, 2.75) is 25.6 Å². The first-order valence-electron chi connectivity index (χ1n) is 6.65. The zero-order valence-corrected chi connectivity index (χ0v) is 11.8. The molecule has 1 aromatic heterocycles. The maximum Gasteiger partial charge on any atom is 0.387 e. The van der Waals surface area contributed by atoms with E-state index in [2.05, 4.69) is 10.1 Å². The Morgan fingerprint density at radius 3 is 2.68 bits per heavy atom. The van der Waals surface area contributed by atoms with Gasteiger partial charge < -0.3 is 14.3 Å². The van der Waals surface area contributed by atoms with Crippen LogP contribution in [-0.4, -0.2) is 18.3 Å². The molecule has 0 saturated carbocycles. The molecule has 0 bridgehead atoms. The van der Waals surface area contributed by atoms with E-state index in [4.69, 9.17) is 4.42 Å². The zero-order valence-electron chi connectivity index (χ0n) is 11.8. The van der Waals surface area contributed by atoms with Crippen molar-refractivity contribution in [2.24, 2.45) is 0 Å². The fourth-order valence-electron chi connectivity index (χ4n) is 2.17. The molecular formula is C15H16F3NO3. The summed E-state index contributed by atoms with van der Waals surface area (Å²) >= 11 is 0. The number of rotatable bonds is 7. The minimum absolute atomic E-state index is 0.244. The van der Waals surface area contributed by atoms with Crippen LogP contribution in [0.25, 0.3) is 0 Å². The van der Waals surface area contributed by atoms with Crippen molar-refractivity contribution in [1.29, 1.82) is 0 Å². The van der Waals surface area contributed by atoms with Gasteiger partial charge in [0.1, 0.15) is 17.3 Å². The molecule has 4 nitrogen and oxygen atoms in total. The number of halogens is 3. The van der Waals surface area contributed by atoms with E-state index < -0.39 is 24.5 Å². The number of furan rings is 1. The summed E-state index contributed by atoms with van der Waals surface area (Å²) in [6.45, 7) is -1.60. The first-order valence-corrected chi connectivity index (χ1v) is 6.65. The summed E-state index contributed by atoms with van der Waals surface area (Å²) in [6.07, 6.45) is 1.47. The SMILES string of the molecule is CC(NC(CO)c1ccco1)c1ccc(F)cc1OC(F)F. The molecule has 0 aliphatic rings. The lowest BCUT2D eigenvalue weighted by Crippen LogP contribution is -2.27. The van der Waals surface area contributed by atoms with Crippen LogP contribution in [0.15, 0.2) is 41.0 Å².